The van der Waals surface area contributed by atoms with E-state index in [9.17, 15) is 4.57 Å². The molecule has 1 aliphatic rings. The van der Waals surface area contributed by atoms with Crippen molar-refractivity contribution in [1.82, 2.24) is 9.75 Å². The molecule has 84 valence electrons. The normalized spacial score (nSPS) is 54.1. The molecule has 1 N–H and O–H groups in total. The third kappa shape index (κ3) is 3.37. The maximum Gasteiger partial charge on any atom is 0.343 e. The Balaban J connectivity index is 3.62. The van der Waals surface area contributed by atoms with Crippen LogP contribution in [0.5, 0.6) is 0 Å². The molecule has 0 radical (unpaired) electrons. The molecule has 0 saturated carbocycles. The van der Waals surface area contributed by atoms with E-state index in [-0.39, 0.29) is 4.67 Å². The lowest BCUT2D eigenvalue weighted by Gasteiger charge is -2.33. The fourth-order valence-corrected chi connectivity index (χ4v) is 2.26. The average Bonchev–Trinajstić information content (AvgIpc) is 2.40. The number of hydrogen-bond acceptors (Lipinski definition) is 2. The lowest BCUT2D eigenvalue weighted by atomic mass is 10.5. The Morgan fingerprint density at radius 2 is 2.57 bits per heavy atom. The molecule has 0 bridgehead atoms. The van der Waals surface area contributed by atoms with Crippen LogP contribution in [0.2, 0.25) is 1.41 Å². The van der Waals surface area contributed by atoms with Crippen LogP contribution in [-0.4, -0.2) is 42.5 Å². The summed E-state index contributed by atoms with van der Waals surface area (Å²) in [6.45, 7) is -11.2. The summed E-state index contributed by atoms with van der Waals surface area (Å²) in [4.78, 5) is 0. The second-order valence-electron chi connectivity index (χ2n) is 2.04. The van der Waals surface area contributed by atoms with E-state index in [1.807, 2.05) is 0 Å². The van der Waals surface area contributed by atoms with Crippen LogP contribution in [0.1, 0.15) is 20.1 Å². The van der Waals surface area contributed by atoms with E-state index in [0.717, 1.165) is 0 Å². The van der Waals surface area contributed by atoms with Crippen LogP contribution in [0.25, 0.3) is 0 Å². The van der Waals surface area contributed by atoms with Crippen LogP contribution in [0.15, 0.2) is 0 Å². The molecule has 0 aromatic rings. The van der Waals surface area contributed by atoms with Gasteiger partial charge in [0.1, 0.15) is 1.41 Å². The number of halogens is 2. The third-order valence-electron chi connectivity index (χ3n) is 1.22. The minimum absolute atomic E-state index is 0.0118. The molecule has 4 nitrogen and oxygen atoms in total. The third-order valence-corrected chi connectivity index (χ3v) is 3.07. The average molecular weight is 272 g/mol. The Morgan fingerprint density at radius 3 is 3.21 bits per heavy atom. The van der Waals surface area contributed by atoms with Gasteiger partial charge in [-0.1, -0.05) is 0 Å². The molecule has 1 saturated heterocycles. The highest BCUT2D eigenvalue weighted by Crippen LogP contribution is 2.47. The fraction of sp³-hybridized carbons (Fsp3) is 1.00. The van der Waals surface area contributed by atoms with Crippen LogP contribution in [0.4, 0.5) is 0 Å². The maximum absolute atomic E-state index is 13.1. The molecule has 1 atom stereocenters. The number of hydrogen-bond donors (Lipinski definition) is 1. The van der Waals surface area contributed by atoms with Gasteiger partial charge in [-0.2, -0.15) is 0 Å². The van der Waals surface area contributed by atoms with Gasteiger partial charge >= 0.3 is 7.67 Å². The highest BCUT2D eigenvalue weighted by atomic mass is 35.5. The van der Waals surface area contributed by atoms with Crippen molar-refractivity contribution in [2.75, 3.05) is 37.8 Å². The summed E-state index contributed by atoms with van der Waals surface area (Å²) in [5, 5.41) is -0.533. The molecule has 1 heterocycles. The van der Waals surface area contributed by atoms with Gasteiger partial charge in [-0.3, -0.25) is 4.57 Å². The van der Waals surface area contributed by atoms with E-state index in [0.29, 0.717) is 0 Å². The first-order chi connectivity index (χ1) is 10.8. The number of alkyl halides is 2. The highest BCUT2D eigenvalue weighted by molar-refractivity contribution is 7.54. The topological polar surface area (TPSA) is 41.6 Å². The zero-order valence-electron chi connectivity index (χ0n) is 17.8. The molecule has 0 aromatic heterocycles. The van der Waals surface area contributed by atoms with Gasteiger partial charge in [-0.25, -0.2) is 9.75 Å². The van der Waals surface area contributed by atoms with E-state index >= 15 is 0 Å². The smallest absolute Gasteiger partial charge is 0.306 e. The van der Waals surface area contributed by atoms with Crippen molar-refractivity contribution < 1.29 is 24.2 Å². The molecule has 1 fully saturated rings. The second kappa shape index (κ2) is 6.31. The quantitative estimate of drug-likeness (QED) is 0.613. The van der Waals surface area contributed by atoms with Gasteiger partial charge in [-0.05, 0) is 6.37 Å². The summed E-state index contributed by atoms with van der Waals surface area (Å²) in [5.41, 5.74) is 0. The zero-order valence-corrected chi connectivity index (χ0v) is 9.23. The molecule has 1 unspecified atom stereocenters. The monoisotopic (exact) mass is 271 g/mol. The summed E-state index contributed by atoms with van der Waals surface area (Å²) in [6.07, 6.45) is -3.46. The minimum atomic E-state index is -5.31. The van der Waals surface area contributed by atoms with Crippen molar-refractivity contribution in [3.05, 3.63) is 0 Å². The Morgan fingerprint density at radius 1 is 1.79 bits per heavy atom. The number of nitrogens with zero attached hydrogens (tertiary/aromatic N) is 1. The maximum atomic E-state index is 13.1. The molecular weight excluding hydrogens is 246 g/mol. The largest absolute Gasteiger partial charge is 0.343 e. The first-order valence-electron chi connectivity index (χ1n) is 8.89. The predicted octanol–water partition coefficient (Wildman–Crippen LogP) is 1.88. The first-order valence-corrected chi connectivity index (χ1v) is 5.88. The fourth-order valence-electron chi connectivity index (χ4n) is 0.691. The molecule has 1 rings (SSSR count). The SMILES string of the molecule is [2H]N1C([2H])([2H])C([2H])([2H])C([2H])([2H])OP1(=O)N(CCCl)C([2H])([2H])C([2H])([2H])Cl. The van der Waals surface area contributed by atoms with Crippen molar-refractivity contribution in [1.29, 1.82) is 0 Å². The van der Waals surface area contributed by atoms with Crippen molar-refractivity contribution in [2.45, 2.75) is 6.37 Å². The number of rotatable bonds is 5. The summed E-state index contributed by atoms with van der Waals surface area (Å²) < 4.78 is 101. The van der Waals surface area contributed by atoms with E-state index in [4.69, 9.17) is 38.3 Å². The van der Waals surface area contributed by atoms with Gasteiger partial charge in [0.2, 0.25) is 0 Å². The lowest BCUT2D eigenvalue weighted by molar-refractivity contribution is 0.233. The van der Waals surface area contributed by atoms with Gasteiger partial charge in [0.05, 0.1) is 9.30 Å². The van der Waals surface area contributed by atoms with Crippen LogP contribution in [-0.2, 0) is 9.09 Å². The molecule has 0 spiro atoms. The first kappa shape index (κ1) is 4.17. The van der Waals surface area contributed by atoms with Crippen molar-refractivity contribution in [3.8, 4) is 0 Å². The van der Waals surface area contributed by atoms with Crippen LogP contribution >= 0.6 is 30.9 Å². The zero-order chi connectivity index (χ0) is 20.3. The molecular formula is C7H15Cl2N2O2P. The molecule has 14 heavy (non-hydrogen) atoms. The molecule has 0 aliphatic carbocycles. The Bertz CT molecular complexity index is 571. The summed E-state index contributed by atoms with van der Waals surface area (Å²) in [6, 6.07) is 0. The van der Waals surface area contributed by atoms with Gasteiger partial charge in [0, 0.05) is 42.2 Å². The van der Waals surface area contributed by atoms with Crippen molar-refractivity contribution in [2.24, 2.45) is 0 Å². The van der Waals surface area contributed by atoms with E-state index in [1.165, 1.54) is 0 Å². The van der Waals surface area contributed by atoms with E-state index < -0.39 is 56.9 Å². The molecule has 7 heteroatoms. The Labute approximate surface area is 110 Å². The molecule has 0 amide bonds. The van der Waals surface area contributed by atoms with E-state index in [2.05, 4.69) is 4.52 Å². The standard InChI is InChI=1S/C7H15Cl2N2O2P/c8-2-5-11(6-3-9)14(12)10-4-1-7-13-14/h1-7H2,(H,10,12)/i1D2,2D2,4D2,5D2,7D2/hD. The lowest BCUT2D eigenvalue weighted by Crippen LogP contribution is -2.35. The number of nitrogens with one attached hydrogen (secondary N) is 1. The van der Waals surface area contributed by atoms with Gasteiger partial charge in [0.25, 0.3) is 0 Å². The Kier molecular flexibility index (Phi) is 1.88. The second-order valence-corrected chi connectivity index (χ2v) is 4.45. The predicted molar refractivity (Wildman–Crippen MR) is 59.2 cm³/mol. The van der Waals surface area contributed by atoms with Gasteiger partial charge < -0.3 is 4.52 Å². The van der Waals surface area contributed by atoms with E-state index in [1.54, 1.807) is 0 Å². The molecule has 1 aliphatic heterocycles. The summed E-state index contributed by atoms with van der Waals surface area (Å²) >= 11 is 10.8. The van der Waals surface area contributed by atoms with Crippen molar-refractivity contribution in [3.63, 3.8) is 0 Å². The van der Waals surface area contributed by atoms with Crippen molar-refractivity contribution >= 4 is 30.9 Å². The molecule has 0 aromatic carbocycles. The van der Waals surface area contributed by atoms with Crippen LogP contribution in [0, 0.1) is 0 Å². The summed E-state index contributed by atoms with van der Waals surface area (Å²) in [5.74, 6) is -3.69. The Hall–Kier alpha value is 0.690. The highest BCUT2D eigenvalue weighted by Gasteiger charge is 2.32. The van der Waals surface area contributed by atoms with Crippen LogP contribution < -0.4 is 5.08 Å². The van der Waals surface area contributed by atoms with Gasteiger partial charge in [0.15, 0.2) is 0 Å². The summed E-state index contributed by atoms with van der Waals surface area (Å²) in [7, 11) is -5.31. The van der Waals surface area contributed by atoms with Gasteiger partial charge in [-0.15, -0.1) is 23.2 Å². The van der Waals surface area contributed by atoms with Crippen LogP contribution in [0.3, 0.4) is 0 Å². The minimum Gasteiger partial charge on any atom is -0.306 e.